The first-order chi connectivity index (χ1) is 6.65. The molecule has 1 rings (SSSR count). The van der Waals surface area contributed by atoms with Gasteiger partial charge in [0.15, 0.2) is 0 Å². The summed E-state index contributed by atoms with van der Waals surface area (Å²) in [4.78, 5) is 0. The third-order valence-electron chi connectivity index (χ3n) is 1.69. The highest BCUT2D eigenvalue weighted by molar-refractivity contribution is 6.32. The van der Waals surface area contributed by atoms with E-state index in [2.05, 4.69) is 0 Å². The molecule has 0 aromatic heterocycles. The number of nitrogens with two attached hydrogens (primary N) is 1. The largest absolute Gasteiger partial charge is 0.396 e. The van der Waals surface area contributed by atoms with Crippen LogP contribution in [0.3, 0.4) is 0 Å². The van der Waals surface area contributed by atoms with Crippen LogP contribution < -0.4 is 5.73 Å². The topological polar surface area (TPSA) is 26.0 Å². The highest BCUT2D eigenvalue weighted by Gasteiger charge is 2.03. The van der Waals surface area contributed by atoms with Crippen LogP contribution in [0.1, 0.15) is 12.0 Å². The van der Waals surface area contributed by atoms with Crippen molar-refractivity contribution in [1.82, 2.24) is 0 Å². The van der Waals surface area contributed by atoms with Crippen molar-refractivity contribution in [3.63, 3.8) is 0 Å². The van der Waals surface area contributed by atoms with Gasteiger partial charge in [-0.05, 0) is 24.1 Å². The maximum Gasteiger partial charge on any atom is 0.146 e. The molecule has 0 saturated heterocycles. The van der Waals surface area contributed by atoms with Gasteiger partial charge in [-0.2, -0.15) is 0 Å². The Labute approximate surface area is 92.3 Å². The normalized spacial score (nSPS) is 11.1. The molecule has 1 aromatic rings. The summed E-state index contributed by atoms with van der Waals surface area (Å²) < 4.78 is 13.0. The first-order valence-electron chi connectivity index (χ1n) is 4.12. The SMILES string of the molecule is Nc1cc(Cl)c(C=CCCCl)cc1F. The summed E-state index contributed by atoms with van der Waals surface area (Å²) in [6.45, 7) is 0. The zero-order valence-corrected chi connectivity index (χ0v) is 8.95. The fourth-order valence-electron chi connectivity index (χ4n) is 0.979. The quantitative estimate of drug-likeness (QED) is 0.626. The van der Waals surface area contributed by atoms with Gasteiger partial charge in [0.25, 0.3) is 0 Å². The van der Waals surface area contributed by atoms with E-state index in [-0.39, 0.29) is 5.69 Å². The van der Waals surface area contributed by atoms with Crippen molar-refractivity contribution in [2.24, 2.45) is 0 Å². The van der Waals surface area contributed by atoms with Crippen LogP contribution in [0.2, 0.25) is 5.02 Å². The van der Waals surface area contributed by atoms with Crippen LogP contribution in [0.15, 0.2) is 18.2 Å². The lowest BCUT2D eigenvalue weighted by Gasteiger charge is -2.01. The maximum absolute atomic E-state index is 13.0. The van der Waals surface area contributed by atoms with Crippen LogP contribution in [-0.4, -0.2) is 5.88 Å². The minimum Gasteiger partial charge on any atom is -0.396 e. The molecule has 0 saturated carbocycles. The second-order valence-electron chi connectivity index (χ2n) is 2.78. The van der Waals surface area contributed by atoms with Crippen molar-refractivity contribution < 1.29 is 4.39 Å². The van der Waals surface area contributed by atoms with E-state index in [1.807, 2.05) is 6.08 Å². The van der Waals surface area contributed by atoms with Crippen LogP contribution in [-0.2, 0) is 0 Å². The van der Waals surface area contributed by atoms with Gasteiger partial charge in [0.05, 0.1) is 10.7 Å². The summed E-state index contributed by atoms with van der Waals surface area (Å²) >= 11 is 11.3. The van der Waals surface area contributed by atoms with E-state index in [0.29, 0.717) is 16.5 Å². The second kappa shape index (κ2) is 5.23. The Hall–Kier alpha value is -0.730. The minimum atomic E-state index is -0.458. The third-order valence-corrected chi connectivity index (χ3v) is 2.23. The Morgan fingerprint density at radius 1 is 1.43 bits per heavy atom. The Bertz CT molecular complexity index is 350. The third kappa shape index (κ3) is 2.89. The predicted octanol–water partition coefficient (Wildman–Crippen LogP) is 3.70. The number of hydrogen-bond donors (Lipinski definition) is 1. The lowest BCUT2D eigenvalue weighted by Crippen LogP contribution is -1.91. The van der Waals surface area contributed by atoms with Gasteiger partial charge in [-0.15, -0.1) is 11.6 Å². The van der Waals surface area contributed by atoms with Crippen LogP contribution in [0, 0.1) is 5.82 Å². The van der Waals surface area contributed by atoms with E-state index in [0.717, 1.165) is 6.42 Å². The van der Waals surface area contributed by atoms with Gasteiger partial charge in [0, 0.05) is 5.88 Å². The average molecular weight is 234 g/mol. The van der Waals surface area contributed by atoms with Crippen molar-refractivity contribution in [3.8, 4) is 0 Å². The molecule has 14 heavy (non-hydrogen) atoms. The van der Waals surface area contributed by atoms with E-state index in [4.69, 9.17) is 28.9 Å². The number of nitrogen functional groups attached to an aromatic ring is 1. The molecular weight excluding hydrogens is 224 g/mol. The van der Waals surface area contributed by atoms with Crippen LogP contribution >= 0.6 is 23.2 Å². The van der Waals surface area contributed by atoms with Crippen LogP contribution in [0.4, 0.5) is 10.1 Å². The van der Waals surface area contributed by atoms with E-state index in [1.54, 1.807) is 6.08 Å². The number of rotatable bonds is 3. The molecule has 0 spiro atoms. The number of benzene rings is 1. The van der Waals surface area contributed by atoms with E-state index < -0.39 is 5.82 Å². The van der Waals surface area contributed by atoms with Gasteiger partial charge < -0.3 is 5.73 Å². The standard InChI is InChI=1S/C10H10Cl2FN/c11-4-2-1-3-7-5-9(13)10(14)6-8(7)12/h1,3,5-6H,2,4,14H2. The molecule has 0 radical (unpaired) electrons. The fourth-order valence-corrected chi connectivity index (χ4v) is 1.34. The minimum absolute atomic E-state index is 0.0597. The van der Waals surface area contributed by atoms with Crippen molar-refractivity contribution in [1.29, 1.82) is 0 Å². The number of allylic oxidation sites excluding steroid dienone is 1. The summed E-state index contributed by atoms with van der Waals surface area (Å²) in [6.07, 6.45) is 4.29. The molecule has 0 bridgehead atoms. The molecule has 0 fully saturated rings. The molecule has 0 aliphatic rings. The zero-order valence-electron chi connectivity index (χ0n) is 7.43. The summed E-state index contributed by atoms with van der Waals surface area (Å²) in [5.41, 5.74) is 6.01. The Morgan fingerprint density at radius 2 is 2.14 bits per heavy atom. The summed E-state index contributed by atoms with van der Waals surface area (Å²) in [5, 5.41) is 0.440. The van der Waals surface area contributed by atoms with Gasteiger partial charge in [-0.3, -0.25) is 0 Å². The van der Waals surface area contributed by atoms with Crippen molar-refractivity contribution >= 4 is 35.0 Å². The molecule has 76 valence electrons. The molecule has 0 amide bonds. The first kappa shape index (κ1) is 11.3. The number of anilines is 1. The molecule has 0 unspecified atom stereocenters. The lowest BCUT2D eigenvalue weighted by atomic mass is 10.1. The lowest BCUT2D eigenvalue weighted by molar-refractivity contribution is 0.632. The fraction of sp³-hybridized carbons (Fsp3) is 0.200. The average Bonchev–Trinajstić information content (AvgIpc) is 2.14. The van der Waals surface area contributed by atoms with Gasteiger partial charge >= 0.3 is 0 Å². The van der Waals surface area contributed by atoms with Crippen molar-refractivity contribution in [2.75, 3.05) is 11.6 Å². The van der Waals surface area contributed by atoms with Crippen molar-refractivity contribution in [2.45, 2.75) is 6.42 Å². The number of halogens is 3. The molecule has 0 heterocycles. The second-order valence-corrected chi connectivity index (χ2v) is 3.56. The van der Waals surface area contributed by atoms with Gasteiger partial charge in [-0.1, -0.05) is 23.8 Å². The molecule has 0 atom stereocenters. The Balaban J connectivity index is 2.92. The molecule has 0 aliphatic heterocycles. The zero-order chi connectivity index (χ0) is 10.6. The molecule has 2 N–H and O–H groups in total. The van der Waals surface area contributed by atoms with Gasteiger partial charge in [-0.25, -0.2) is 4.39 Å². The maximum atomic E-state index is 13.0. The smallest absolute Gasteiger partial charge is 0.146 e. The van der Waals surface area contributed by atoms with Crippen LogP contribution in [0.25, 0.3) is 6.08 Å². The van der Waals surface area contributed by atoms with E-state index >= 15 is 0 Å². The van der Waals surface area contributed by atoms with E-state index in [1.165, 1.54) is 12.1 Å². The number of alkyl halides is 1. The van der Waals surface area contributed by atoms with Crippen molar-refractivity contribution in [3.05, 3.63) is 34.6 Å². The molecule has 0 aliphatic carbocycles. The summed E-state index contributed by atoms with van der Waals surface area (Å²) in [5.74, 6) is 0.0749. The molecule has 1 aromatic carbocycles. The monoisotopic (exact) mass is 233 g/mol. The van der Waals surface area contributed by atoms with Gasteiger partial charge in [0.2, 0.25) is 0 Å². The first-order valence-corrected chi connectivity index (χ1v) is 5.03. The summed E-state index contributed by atoms with van der Waals surface area (Å²) in [6, 6.07) is 2.71. The number of hydrogen-bond acceptors (Lipinski definition) is 1. The predicted molar refractivity (Wildman–Crippen MR) is 60.2 cm³/mol. The summed E-state index contributed by atoms with van der Waals surface area (Å²) in [7, 11) is 0. The van der Waals surface area contributed by atoms with Crippen LogP contribution in [0.5, 0.6) is 0 Å². The van der Waals surface area contributed by atoms with Gasteiger partial charge in [0.1, 0.15) is 5.82 Å². The molecule has 4 heteroatoms. The molecule has 1 nitrogen and oxygen atoms in total. The highest BCUT2D eigenvalue weighted by Crippen LogP contribution is 2.23. The van der Waals surface area contributed by atoms with E-state index in [9.17, 15) is 4.39 Å². The Kier molecular flexibility index (Phi) is 4.23. The Morgan fingerprint density at radius 3 is 2.79 bits per heavy atom. The molecular formula is C10H10Cl2FN. The highest BCUT2D eigenvalue weighted by atomic mass is 35.5.